The van der Waals surface area contributed by atoms with Gasteiger partial charge in [0.2, 0.25) is 5.91 Å². The number of nitrogens with zero attached hydrogens (tertiary/aromatic N) is 3. The maximum atomic E-state index is 12.2. The summed E-state index contributed by atoms with van der Waals surface area (Å²) in [5.74, 6) is 2.47. The topological polar surface area (TPSA) is 59.8 Å². The summed E-state index contributed by atoms with van der Waals surface area (Å²) in [6.45, 7) is 4.91. The van der Waals surface area contributed by atoms with Gasteiger partial charge < -0.3 is 9.88 Å². The van der Waals surface area contributed by atoms with Gasteiger partial charge in [0.05, 0.1) is 11.5 Å². The molecular weight excluding hydrogens is 471 g/mol. The van der Waals surface area contributed by atoms with Crippen LogP contribution in [0.5, 0.6) is 0 Å². The number of halogens is 2. The second-order valence-electron chi connectivity index (χ2n) is 6.58. The van der Waals surface area contributed by atoms with Crippen LogP contribution < -0.4 is 5.32 Å². The van der Waals surface area contributed by atoms with Crippen LogP contribution in [0.3, 0.4) is 0 Å². The van der Waals surface area contributed by atoms with Crippen molar-refractivity contribution in [3.8, 4) is 0 Å². The Morgan fingerprint density at radius 3 is 2.68 bits per heavy atom. The van der Waals surface area contributed by atoms with Crippen molar-refractivity contribution in [3.05, 3.63) is 88.2 Å². The predicted molar refractivity (Wildman–Crippen MR) is 131 cm³/mol. The molecule has 0 spiro atoms. The zero-order chi connectivity index (χ0) is 22.1. The molecule has 0 saturated carbocycles. The van der Waals surface area contributed by atoms with Crippen LogP contribution in [0.15, 0.2) is 66.3 Å². The number of nitrogens with one attached hydrogen (secondary N) is 1. The van der Waals surface area contributed by atoms with E-state index in [1.54, 1.807) is 23.9 Å². The van der Waals surface area contributed by atoms with Gasteiger partial charge in [-0.3, -0.25) is 4.79 Å². The molecule has 0 radical (unpaired) electrons. The molecular formula is C22H22Cl2N4OS2. The predicted octanol–water partition coefficient (Wildman–Crippen LogP) is 5.61. The number of hydrogen-bond acceptors (Lipinski definition) is 5. The first-order valence-corrected chi connectivity index (χ1v) is 12.4. The molecule has 162 valence electrons. The summed E-state index contributed by atoms with van der Waals surface area (Å²) in [7, 11) is 0. The first-order valence-electron chi connectivity index (χ1n) is 9.55. The van der Waals surface area contributed by atoms with Crippen LogP contribution in [-0.2, 0) is 29.4 Å². The van der Waals surface area contributed by atoms with Crippen LogP contribution in [0.25, 0.3) is 0 Å². The van der Waals surface area contributed by atoms with E-state index in [-0.39, 0.29) is 11.7 Å². The van der Waals surface area contributed by atoms with Gasteiger partial charge in [-0.1, -0.05) is 77.4 Å². The van der Waals surface area contributed by atoms with Gasteiger partial charge in [0, 0.05) is 28.9 Å². The minimum absolute atomic E-state index is 0.0460. The molecule has 1 N–H and O–H groups in total. The Bertz CT molecular complexity index is 1030. The van der Waals surface area contributed by atoms with Crippen LogP contribution in [0.1, 0.15) is 17.0 Å². The normalized spacial score (nSPS) is 10.8. The van der Waals surface area contributed by atoms with Crippen LogP contribution in [0.2, 0.25) is 10.0 Å². The quantitative estimate of drug-likeness (QED) is 0.278. The van der Waals surface area contributed by atoms with E-state index in [4.69, 9.17) is 23.2 Å². The van der Waals surface area contributed by atoms with E-state index in [1.165, 1.54) is 11.8 Å². The van der Waals surface area contributed by atoms with E-state index in [0.29, 0.717) is 34.0 Å². The van der Waals surface area contributed by atoms with Gasteiger partial charge in [0.25, 0.3) is 0 Å². The van der Waals surface area contributed by atoms with Crippen molar-refractivity contribution >= 4 is 52.6 Å². The lowest BCUT2D eigenvalue weighted by molar-refractivity contribution is -0.118. The molecule has 1 aromatic heterocycles. The lowest BCUT2D eigenvalue weighted by Gasteiger charge is -2.09. The first kappa shape index (κ1) is 23.7. The lowest BCUT2D eigenvalue weighted by atomic mass is 10.2. The van der Waals surface area contributed by atoms with E-state index in [2.05, 4.69) is 22.1 Å². The van der Waals surface area contributed by atoms with Gasteiger partial charge in [-0.2, -0.15) is 0 Å². The highest BCUT2D eigenvalue weighted by Crippen LogP contribution is 2.27. The van der Waals surface area contributed by atoms with Crippen molar-refractivity contribution in [1.82, 2.24) is 20.1 Å². The first-order chi connectivity index (χ1) is 15.1. The van der Waals surface area contributed by atoms with Gasteiger partial charge in [0.15, 0.2) is 5.16 Å². The van der Waals surface area contributed by atoms with Crippen molar-refractivity contribution in [2.45, 2.75) is 29.8 Å². The van der Waals surface area contributed by atoms with E-state index in [9.17, 15) is 4.79 Å². The van der Waals surface area contributed by atoms with E-state index in [0.717, 1.165) is 22.7 Å². The van der Waals surface area contributed by atoms with Gasteiger partial charge in [0.1, 0.15) is 5.82 Å². The Morgan fingerprint density at radius 2 is 1.94 bits per heavy atom. The fourth-order valence-corrected chi connectivity index (χ4v) is 5.03. The van der Waals surface area contributed by atoms with Crippen molar-refractivity contribution in [1.29, 1.82) is 0 Å². The van der Waals surface area contributed by atoms with Gasteiger partial charge in [-0.05, 0) is 23.3 Å². The Kier molecular flexibility index (Phi) is 9.33. The molecule has 0 aliphatic heterocycles. The number of thioether (sulfide) groups is 2. The molecule has 1 heterocycles. The number of hydrogen-bond donors (Lipinski definition) is 1. The molecule has 0 bridgehead atoms. The van der Waals surface area contributed by atoms with E-state index >= 15 is 0 Å². The fraction of sp³-hybridized carbons (Fsp3) is 0.227. The highest BCUT2D eigenvalue weighted by Gasteiger charge is 2.14. The summed E-state index contributed by atoms with van der Waals surface area (Å²) < 4.78 is 1.98. The Labute approximate surface area is 200 Å². The molecule has 9 heteroatoms. The van der Waals surface area contributed by atoms with Crippen LogP contribution >= 0.6 is 46.7 Å². The Hall–Kier alpha value is -1.93. The second kappa shape index (κ2) is 12.2. The second-order valence-corrected chi connectivity index (χ2v) is 9.35. The van der Waals surface area contributed by atoms with Crippen LogP contribution in [0.4, 0.5) is 0 Å². The number of carbonyl (C=O) groups excluding carboxylic acids is 1. The third kappa shape index (κ3) is 7.31. The zero-order valence-corrected chi connectivity index (χ0v) is 19.9. The Morgan fingerprint density at radius 1 is 1.13 bits per heavy atom. The SMILES string of the molecule is C=CCn1c(CSCc2ccc(Cl)cc2Cl)nnc1SCC(=O)NCc1ccccc1. The molecule has 31 heavy (non-hydrogen) atoms. The molecule has 0 unspecified atom stereocenters. The van der Waals surface area contributed by atoms with Crippen molar-refractivity contribution in [3.63, 3.8) is 0 Å². The highest BCUT2D eigenvalue weighted by molar-refractivity contribution is 7.99. The molecule has 3 aromatic rings. The third-order valence-electron chi connectivity index (χ3n) is 4.27. The molecule has 0 fully saturated rings. The summed E-state index contributed by atoms with van der Waals surface area (Å²) in [4.78, 5) is 12.2. The minimum atomic E-state index is -0.0460. The monoisotopic (exact) mass is 492 g/mol. The molecule has 3 rings (SSSR count). The maximum Gasteiger partial charge on any atom is 0.230 e. The van der Waals surface area contributed by atoms with Crippen LogP contribution in [0, 0.1) is 0 Å². The summed E-state index contributed by atoms with van der Waals surface area (Å²) >= 11 is 15.3. The number of amides is 1. The summed E-state index contributed by atoms with van der Waals surface area (Å²) in [6.07, 6.45) is 1.80. The molecule has 2 aromatic carbocycles. The molecule has 0 aliphatic rings. The van der Waals surface area contributed by atoms with Crippen molar-refractivity contribution in [2.24, 2.45) is 0 Å². The highest BCUT2D eigenvalue weighted by atomic mass is 35.5. The van der Waals surface area contributed by atoms with E-state index < -0.39 is 0 Å². The smallest absolute Gasteiger partial charge is 0.230 e. The molecule has 5 nitrogen and oxygen atoms in total. The van der Waals surface area contributed by atoms with E-state index in [1.807, 2.05) is 47.0 Å². The fourth-order valence-electron chi connectivity index (χ4n) is 2.71. The average Bonchev–Trinajstić information content (AvgIpc) is 3.15. The summed E-state index contributed by atoms with van der Waals surface area (Å²) in [6, 6.07) is 15.3. The third-order valence-corrected chi connectivity index (χ3v) is 6.80. The zero-order valence-electron chi connectivity index (χ0n) is 16.8. The number of allylic oxidation sites excluding steroid dienone is 1. The van der Waals surface area contributed by atoms with Gasteiger partial charge >= 0.3 is 0 Å². The maximum absolute atomic E-state index is 12.2. The molecule has 0 aliphatic carbocycles. The van der Waals surface area contributed by atoms with Gasteiger partial charge in [-0.15, -0.1) is 28.5 Å². The van der Waals surface area contributed by atoms with Crippen molar-refractivity contribution < 1.29 is 4.79 Å². The Balaban J connectivity index is 1.53. The van der Waals surface area contributed by atoms with Crippen molar-refractivity contribution in [2.75, 3.05) is 5.75 Å². The summed E-state index contributed by atoms with van der Waals surface area (Å²) in [5.41, 5.74) is 2.09. The number of rotatable bonds is 11. The lowest BCUT2D eigenvalue weighted by Crippen LogP contribution is -2.24. The molecule has 1 amide bonds. The number of benzene rings is 2. The largest absolute Gasteiger partial charge is 0.351 e. The molecule has 0 atom stereocenters. The van der Waals surface area contributed by atoms with Crippen LogP contribution in [-0.4, -0.2) is 26.4 Å². The number of carbonyl (C=O) groups is 1. The average molecular weight is 493 g/mol. The number of aromatic nitrogens is 3. The molecule has 0 saturated heterocycles. The standard InChI is InChI=1S/C22H22Cl2N4OS2/c1-2-10-28-20(14-30-13-17-8-9-18(23)11-19(17)24)26-27-22(28)31-15-21(29)25-12-16-6-4-3-5-7-16/h2-9,11H,1,10,12-15H2,(H,25,29). The van der Waals surface area contributed by atoms with Gasteiger partial charge in [-0.25, -0.2) is 0 Å². The summed E-state index contributed by atoms with van der Waals surface area (Å²) in [5, 5.41) is 13.5. The minimum Gasteiger partial charge on any atom is -0.351 e.